The lowest BCUT2D eigenvalue weighted by molar-refractivity contribution is 0.124. The molecule has 0 atom stereocenters. The molecule has 1 rings (SSSR count). The lowest BCUT2D eigenvalue weighted by Crippen LogP contribution is -2.07. The average Bonchev–Trinajstić information content (AvgIpc) is 2.69. The average molecular weight is 213 g/mol. The third-order valence-electron chi connectivity index (χ3n) is 1.99. The second-order valence-electron chi connectivity index (χ2n) is 3.41. The Morgan fingerprint density at radius 1 is 1.47 bits per heavy atom. The molecule has 0 unspecified atom stereocenters. The molecular formula is C10H19N3O2. The van der Waals surface area contributed by atoms with Crippen molar-refractivity contribution >= 4 is 0 Å². The van der Waals surface area contributed by atoms with E-state index in [1.165, 1.54) is 0 Å². The van der Waals surface area contributed by atoms with Gasteiger partial charge in [0.2, 0.25) is 0 Å². The maximum atomic E-state index is 8.66. The highest BCUT2D eigenvalue weighted by Crippen LogP contribution is 1.97. The fourth-order valence-corrected chi connectivity index (χ4v) is 1.23. The molecule has 0 saturated carbocycles. The lowest BCUT2D eigenvalue weighted by atomic mass is 10.3. The maximum absolute atomic E-state index is 8.66. The number of hydrogen-bond acceptors (Lipinski definition) is 4. The molecule has 1 heterocycles. The van der Waals surface area contributed by atoms with Crippen LogP contribution in [0.2, 0.25) is 0 Å². The summed E-state index contributed by atoms with van der Waals surface area (Å²) >= 11 is 0. The van der Waals surface area contributed by atoms with Gasteiger partial charge in [-0.2, -0.15) is 0 Å². The van der Waals surface area contributed by atoms with Crippen molar-refractivity contribution in [2.45, 2.75) is 32.7 Å². The van der Waals surface area contributed by atoms with Crippen LogP contribution in [0.15, 0.2) is 6.20 Å². The van der Waals surface area contributed by atoms with Crippen LogP contribution in [0.25, 0.3) is 0 Å². The standard InChI is InChI=1S/C10H19N3O2/c1-2-7-15-8-5-13-9-10(11-12-13)4-3-6-14/h9,14H,2-8H2,1H3. The van der Waals surface area contributed by atoms with E-state index in [0.29, 0.717) is 6.61 Å². The minimum absolute atomic E-state index is 0.201. The molecule has 0 aliphatic carbocycles. The molecule has 0 aliphatic heterocycles. The Balaban J connectivity index is 2.20. The third kappa shape index (κ3) is 4.90. The largest absolute Gasteiger partial charge is 0.396 e. The van der Waals surface area contributed by atoms with E-state index in [9.17, 15) is 0 Å². The van der Waals surface area contributed by atoms with Crippen LogP contribution in [0.3, 0.4) is 0 Å². The fourth-order valence-electron chi connectivity index (χ4n) is 1.23. The summed E-state index contributed by atoms with van der Waals surface area (Å²) in [5.41, 5.74) is 0.930. The molecule has 0 amide bonds. The van der Waals surface area contributed by atoms with Crippen LogP contribution in [0.1, 0.15) is 25.5 Å². The Bertz CT molecular complexity index is 263. The second-order valence-corrected chi connectivity index (χ2v) is 3.41. The van der Waals surface area contributed by atoms with E-state index in [0.717, 1.165) is 38.1 Å². The Labute approximate surface area is 90.1 Å². The van der Waals surface area contributed by atoms with E-state index < -0.39 is 0 Å². The van der Waals surface area contributed by atoms with Gasteiger partial charge in [-0.1, -0.05) is 12.1 Å². The highest BCUT2D eigenvalue weighted by molar-refractivity contribution is 4.91. The van der Waals surface area contributed by atoms with Crippen LogP contribution < -0.4 is 0 Å². The molecule has 0 aliphatic rings. The first kappa shape index (κ1) is 12.1. The summed E-state index contributed by atoms with van der Waals surface area (Å²) in [6.07, 6.45) is 4.47. The number of aryl methyl sites for hydroxylation is 1. The first-order valence-corrected chi connectivity index (χ1v) is 5.44. The van der Waals surface area contributed by atoms with E-state index in [2.05, 4.69) is 17.2 Å². The second kappa shape index (κ2) is 7.36. The summed E-state index contributed by atoms with van der Waals surface area (Å²) in [5.74, 6) is 0. The zero-order chi connectivity index (χ0) is 10.9. The molecule has 0 radical (unpaired) electrons. The van der Waals surface area contributed by atoms with Crippen molar-refractivity contribution in [2.75, 3.05) is 19.8 Å². The minimum atomic E-state index is 0.201. The lowest BCUT2D eigenvalue weighted by Gasteiger charge is -2.01. The van der Waals surface area contributed by atoms with Crippen molar-refractivity contribution in [3.05, 3.63) is 11.9 Å². The first-order chi connectivity index (χ1) is 7.36. The smallest absolute Gasteiger partial charge is 0.0828 e. The molecule has 0 saturated heterocycles. The summed E-state index contributed by atoms with van der Waals surface area (Å²) in [5, 5.41) is 16.6. The molecule has 1 aromatic heterocycles. The zero-order valence-electron chi connectivity index (χ0n) is 9.22. The van der Waals surface area contributed by atoms with Crippen LogP contribution >= 0.6 is 0 Å². The SMILES string of the molecule is CCCOCCn1cc(CCCO)nn1. The quantitative estimate of drug-likeness (QED) is 0.643. The molecule has 0 spiro atoms. The topological polar surface area (TPSA) is 60.2 Å². The predicted octanol–water partition coefficient (Wildman–Crippen LogP) is 0.630. The van der Waals surface area contributed by atoms with Crippen LogP contribution in [-0.2, 0) is 17.7 Å². The Kier molecular flexibility index (Phi) is 5.96. The number of aliphatic hydroxyl groups excluding tert-OH is 1. The highest BCUT2D eigenvalue weighted by Gasteiger charge is 1.99. The first-order valence-electron chi connectivity index (χ1n) is 5.44. The third-order valence-corrected chi connectivity index (χ3v) is 1.99. The molecule has 1 N–H and O–H groups in total. The molecule has 5 nitrogen and oxygen atoms in total. The predicted molar refractivity (Wildman–Crippen MR) is 56.5 cm³/mol. The van der Waals surface area contributed by atoms with E-state index in [4.69, 9.17) is 9.84 Å². The van der Waals surface area contributed by atoms with Crippen LogP contribution in [0.5, 0.6) is 0 Å². The van der Waals surface area contributed by atoms with Crippen LogP contribution in [0.4, 0.5) is 0 Å². The van der Waals surface area contributed by atoms with Gasteiger partial charge in [0.15, 0.2) is 0 Å². The molecule has 5 heteroatoms. The van der Waals surface area contributed by atoms with Crippen LogP contribution in [-0.4, -0.2) is 39.9 Å². The number of rotatable bonds is 8. The number of hydrogen-bond donors (Lipinski definition) is 1. The van der Waals surface area contributed by atoms with Crippen molar-refractivity contribution in [3.8, 4) is 0 Å². The summed E-state index contributed by atoms with van der Waals surface area (Å²) < 4.78 is 7.13. The monoisotopic (exact) mass is 213 g/mol. The van der Waals surface area contributed by atoms with Gasteiger partial charge in [0.1, 0.15) is 0 Å². The van der Waals surface area contributed by atoms with Gasteiger partial charge in [-0.15, -0.1) is 5.10 Å². The minimum Gasteiger partial charge on any atom is -0.396 e. The molecular weight excluding hydrogens is 194 g/mol. The van der Waals surface area contributed by atoms with Crippen molar-refractivity contribution < 1.29 is 9.84 Å². The van der Waals surface area contributed by atoms with Gasteiger partial charge in [-0.25, -0.2) is 4.68 Å². The van der Waals surface area contributed by atoms with Crippen molar-refractivity contribution in [1.29, 1.82) is 0 Å². The maximum Gasteiger partial charge on any atom is 0.0828 e. The fraction of sp³-hybridized carbons (Fsp3) is 0.800. The highest BCUT2D eigenvalue weighted by atomic mass is 16.5. The number of aliphatic hydroxyl groups is 1. The summed E-state index contributed by atoms with van der Waals surface area (Å²) in [4.78, 5) is 0. The molecule has 1 aromatic rings. The van der Waals surface area contributed by atoms with Crippen molar-refractivity contribution in [3.63, 3.8) is 0 Å². The number of nitrogens with zero attached hydrogens (tertiary/aromatic N) is 3. The van der Waals surface area contributed by atoms with Gasteiger partial charge in [0.25, 0.3) is 0 Å². The number of ether oxygens (including phenoxy) is 1. The van der Waals surface area contributed by atoms with E-state index in [1.54, 1.807) is 4.68 Å². The van der Waals surface area contributed by atoms with Gasteiger partial charge in [0, 0.05) is 19.4 Å². The van der Waals surface area contributed by atoms with Gasteiger partial charge in [-0.3, -0.25) is 0 Å². The number of aromatic nitrogens is 3. The van der Waals surface area contributed by atoms with Crippen molar-refractivity contribution in [2.24, 2.45) is 0 Å². The van der Waals surface area contributed by atoms with Gasteiger partial charge < -0.3 is 9.84 Å². The van der Waals surface area contributed by atoms with E-state index in [1.807, 2.05) is 6.20 Å². The Morgan fingerprint density at radius 2 is 2.33 bits per heavy atom. The van der Waals surface area contributed by atoms with Crippen molar-refractivity contribution in [1.82, 2.24) is 15.0 Å². The van der Waals surface area contributed by atoms with Crippen LogP contribution in [0, 0.1) is 0 Å². The summed E-state index contributed by atoms with van der Waals surface area (Å²) in [6, 6.07) is 0. The Morgan fingerprint density at radius 3 is 3.07 bits per heavy atom. The van der Waals surface area contributed by atoms with E-state index in [-0.39, 0.29) is 6.61 Å². The van der Waals surface area contributed by atoms with E-state index >= 15 is 0 Å². The van der Waals surface area contributed by atoms with Gasteiger partial charge in [0.05, 0.1) is 18.8 Å². The summed E-state index contributed by atoms with van der Waals surface area (Å²) in [7, 11) is 0. The van der Waals surface area contributed by atoms with Gasteiger partial charge in [-0.05, 0) is 19.3 Å². The molecule has 0 bridgehead atoms. The summed E-state index contributed by atoms with van der Waals surface area (Å²) in [6.45, 7) is 4.50. The molecule has 15 heavy (non-hydrogen) atoms. The zero-order valence-corrected chi connectivity index (χ0v) is 9.22. The Hall–Kier alpha value is -0.940. The molecule has 86 valence electrons. The normalized spacial score (nSPS) is 10.8. The molecule has 0 fully saturated rings. The van der Waals surface area contributed by atoms with Gasteiger partial charge >= 0.3 is 0 Å². The molecule has 0 aromatic carbocycles.